The van der Waals surface area contributed by atoms with E-state index in [1.165, 1.54) is 0 Å². The average Bonchev–Trinajstić information content (AvgIpc) is 3.26. The van der Waals surface area contributed by atoms with E-state index in [4.69, 9.17) is 14.2 Å². The van der Waals surface area contributed by atoms with E-state index in [0.717, 1.165) is 35.5 Å². The van der Waals surface area contributed by atoms with Crippen LogP contribution in [-0.2, 0) is 11.3 Å². The van der Waals surface area contributed by atoms with Crippen molar-refractivity contribution in [3.63, 3.8) is 0 Å². The third-order valence-corrected chi connectivity index (χ3v) is 4.84. The molecule has 3 aromatic rings. The Bertz CT molecular complexity index is 871. The van der Waals surface area contributed by atoms with Crippen LogP contribution in [0.5, 0.6) is 11.5 Å². The largest absolute Gasteiger partial charge is 0.489 e. The molecule has 0 bridgehead atoms. The summed E-state index contributed by atoms with van der Waals surface area (Å²) >= 11 is 0. The summed E-state index contributed by atoms with van der Waals surface area (Å²) in [7, 11) is 0. The number of hydrogen-bond donors (Lipinski definition) is 1. The minimum atomic E-state index is -0.768. The predicted molar refractivity (Wildman–Crippen MR) is 108 cm³/mol. The van der Waals surface area contributed by atoms with Crippen LogP contribution in [0.1, 0.15) is 29.2 Å². The van der Waals surface area contributed by atoms with Gasteiger partial charge in [-0.05, 0) is 29.3 Å². The highest BCUT2D eigenvalue weighted by Crippen LogP contribution is 2.31. The van der Waals surface area contributed by atoms with Gasteiger partial charge in [-0.2, -0.15) is 0 Å². The molecule has 1 aliphatic heterocycles. The zero-order chi connectivity index (χ0) is 19.2. The molecule has 4 rings (SSSR count). The number of aliphatic hydroxyl groups excluding tert-OH is 1. The maximum absolute atomic E-state index is 10.9. The van der Waals surface area contributed by atoms with Crippen LogP contribution in [0.3, 0.4) is 0 Å². The van der Waals surface area contributed by atoms with Gasteiger partial charge in [0.15, 0.2) is 0 Å². The van der Waals surface area contributed by atoms with Gasteiger partial charge < -0.3 is 19.3 Å². The number of ether oxygens (including phenoxy) is 3. The summed E-state index contributed by atoms with van der Waals surface area (Å²) in [5, 5.41) is 10.9. The highest BCUT2D eigenvalue weighted by atomic mass is 16.5. The van der Waals surface area contributed by atoms with Crippen molar-refractivity contribution in [3.8, 4) is 11.5 Å². The normalized spacial score (nSPS) is 17.2. The maximum Gasteiger partial charge on any atom is 0.125 e. The Morgan fingerprint density at radius 2 is 1.68 bits per heavy atom. The molecule has 1 heterocycles. The van der Waals surface area contributed by atoms with Gasteiger partial charge in [0.25, 0.3) is 0 Å². The third kappa shape index (κ3) is 4.53. The summed E-state index contributed by atoms with van der Waals surface area (Å²) < 4.78 is 17.2. The summed E-state index contributed by atoms with van der Waals surface area (Å²) in [6, 6.07) is 25.2. The molecule has 1 aliphatic rings. The second-order valence-electron chi connectivity index (χ2n) is 6.89. The van der Waals surface area contributed by atoms with Crippen LogP contribution in [0.2, 0.25) is 0 Å². The molecule has 3 aromatic carbocycles. The van der Waals surface area contributed by atoms with Crippen molar-refractivity contribution < 1.29 is 19.3 Å². The third-order valence-electron chi connectivity index (χ3n) is 4.84. The van der Waals surface area contributed by atoms with Gasteiger partial charge >= 0.3 is 0 Å². The number of hydrogen-bond acceptors (Lipinski definition) is 4. The lowest BCUT2D eigenvalue weighted by atomic mass is 10.0. The molecule has 0 aliphatic carbocycles. The Kier molecular flexibility index (Phi) is 5.90. The molecule has 144 valence electrons. The van der Waals surface area contributed by atoms with Crippen molar-refractivity contribution in [2.24, 2.45) is 0 Å². The van der Waals surface area contributed by atoms with Gasteiger partial charge in [-0.15, -0.1) is 0 Å². The quantitative estimate of drug-likeness (QED) is 0.659. The first kappa shape index (κ1) is 18.5. The van der Waals surface area contributed by atoms with Crippen molar-refractivity contribution >= 4 is 0 Å². The number of aliphatic hydroxyl groups is 1. The van der Waals surface area contributed by atoms with Crippen LogP contribution >= 0.6 is 0 Å². The number of para-hydroxylation sites is 1. The Labute approximate surface area is 165 Å². The summed E-state index contributed by atoms with van der Waals surface area (Å²) in [6.45, 7) is 1.85. The Morgan fingerprint density at radius 1 is 0.929 bits per heavy atom. The van der Waals surface area contributed by atoms with E-state index >= 15 is 0 Å². The lowest BCUT2D eigenvalue weighted by molar-refractivity contribution is 0.141. The van der Waals surface area contributed by atoms with Crippen LogP contribution in [-0.4, -0.2) is 24.4 Å². The molecule has 4 nitrogen and oxygen atoms in total. The Morgan fingerprint density at radius 3 is 2.43 bits per heavy atom. The minimum absolute atomic E-state index is 0.114. The lowest BCUT2D eigenvalue weighted by Gasteiger charge is -2.17. The standard InChI is InChI=1S/C24H24O4/c25-24(19-10-12-20(13-11-19)28-21-14-15-26-17-21)22-8-4-5-9-23(22)27-16-18-6-2-1-3-7-18/h1-13,21,24-25H,14-17H2/t21-,24?/m0/s1. The smallest absolute Gasteiger partial charge is 0.125 e. The van der Waals surface area contributed by atoms with Crippen LogP contribution in [0, 0.1) is 0 Å². The predicted octanol–water partition coefficient (Wildman–Crippen LogP) is 4.52. The first-order valence-electron chi connectivity index (χ1n) is 9.57. The number of benzene rings is 3. The van der Waals surface area contributed by atoms with E-state index in [9.17, 15) is 5.11 Å². The SMILES string of the molecule is OC(c1ccc(O[C@H]2CCOC2)cc1)c1ccccc1OCc1ccccc1. The van der Waals surface area contributed by atoms with E-state index in [1.54, 1.807) is 0 Å². The molecule has 1 unspecified atom stereocenters. The Hall–Kier alpha value is -2.82. The van der Waals surface area contributed by atoms with Crippen molar-refractivity contribution in [3.05, 3.63) is 95.6 Å². The van der Waals surface area contributed by atoms with Gasteiger partial charge in [0.05, 0.1) is 13.2 Å². The van der Waals surface area contributed by atoms with Crippen LogP contribution < -0.4 is 9.47 Å². The Balaban J connectivity index is 1.46. The first-order valence-corrected chi connectivity index (χ1v) is 9.57. The minimum Gasteiger partial charge on any atom is -0.489 e. The summed E-state index contributed by atoms with van der Waals surface area (Å²) in [5.41, 5.74) is 2.63. The zero-order valence-corrected chi connectivity index (χ0v) is 15.7. The van der Waals surface area contributed by atoms with E-state index in [1.807, 2.05) is 78.9 Å². The molecule has 0 saturated carbocycles. The summed E-state index contributed by atoms with van der Waals surface area (Å²) in [5.74, 6) is 1.47. The summed E-state index contributed by atoms with van der Waals surface area (Å²) in [4.78, 5) is 0. The fourth-order valence-electron chi connectivity index (χ4n) is 3.28. The molecule has 1 N–H and O–H groups in total. The summed E-state index contributed by atoms with van der Waals surface area (Å²) in [6.07, 6.45) is 0.259. The van der Waals surface area contributed by atoms with Gasteiger partial charge in [0.2, 0.25) is 0 Å². The van der Waals surface area contributed by atoms with Gasteiger partial charge in [0, 0.05) is 12.0 Å². The van der Waals surface area contributed by atoms with Gasteiger partial charge in [0.1, 0.15) is 30.3 Å². The molecule has 1 fully saturated rings. The highest BCUT2D eigenvalue weighted by Gasteiger charge is 2.18. The van der Waals surface area contributed by atoms with Gasteiger partial charge in [-0.1, -0.05) is 60.7 Å². The first-order chi connectivity index (χ1) is 13.8. The molecule has 0 amide bonds. The molecular formula is C24H24O4. The van der Waals surface area contributed by atoms with Gasteiger partial charge in [-0.25, -0.2) is 0 Å². The van der Waals surface area contributed by atoms with Crippen molar-refractivity contribution in [1.29, 1.82) is 0 Å². The van der Waals surface area contributed by atoms with Crippen molar-refractivity contribution in [2.45, 2.75) is 25.2 Å². The monoisotopic (exact) mass is 376 g/mol. The van der Waals surface area contributed by atoms with E-state index in [2.05, 4.69) is 0 Å². The fourth-order valence-corrected chi connectivity index (χ4v) is 3.28. The van der Waals surface area contributed by atoms with E-state index in [-0.39, 0.29) is 6.10 Å². The molecule has 0 spiro atoms. The lowest BCUT2D eigenvalue weighted by Crippen LogP contribution is -2.15. The van der Waals surface area contributed by atoms with E-state index < -0.39 is 6.10 Å². The zero-order valence-electron chi connectivity index (χ0n) is 15.7. The highest BCUT2D eigenvalue weighted by molar-refractivity contribution is 5.41. The van der Waals surface area contributed by atoms with Crippen molar-refractivity contribution in [1.82, 2.24) is 0 Å². The molecule has 4 heteroatoms. The van der Waals surface area contributed by atoms with Crippen LogP contribution in [0.25, 0.3) is 0 Å². The molecule has 1 saturated heterocycles. The van der Waals surface area contributed by atoms with Crippen molar-refractivity contribution in [2.75, 3.05) is 13.2 Å². The van der Waals surface area contributed by atoms with Crippen LogP contribution in [0.4, 0.5) is 0 Å². The second-order valence-corrected chi connectivity index (χ2v) is 6.89. The fraction of sp³-hybridized carbons (Fsp3) is 0.250. The molecule has 0 aromatic heterocycles. The molecular weight excluding hydrogens is 352 g/mol. The molecule has 2 atom stereocenters. The van der Waals surface area contributed by atoms with Crippen LogP contribution in [0.15, 0.2) is 78.9 Å². The van der Waals surface area contributed by atoms with E-state index in [0.29, 0.717) is 19.0 Å². The average molecular weight is 376 g/mol. The maximum atomic E-state index is 10.9. The topological polar surface area (TPSA) is 47.9 Å². The number of rotatable bonds is 7. The molecule has 0 radical (unpaired) electrons. The van der Waals surface area contributed by atoms with Gasteiger partial charge in [-0.3, -0.25) is 0 Å². The second kappa shape index (κ2) is 8.91. The molecule has 28 heavy (non-hydrogen) atoms.